The minimum Gasteiger partial charge on any atom is -0.432 e. The van der Waals surface area contributed by atoms with Crippen LogP contribution in [0.3, 0.4) is 0 Å². The van der Waals surface area contributed by atoms with Gasteiger partial charge in [0.15, 0.2) is 0 Å². The number of nitrogens with zero attached hydrogens (tertiary/aromatic N) is 1. The van der Waals surface area contributed by atoms with Gasteiger partial charge in [-0.1, -0.05) is 30.3 Å². The smallest absolute Gasteiger partial charge is 0.423 e. The van der Waals surface area contributed by atoms with Crippen molar-refractivity contribution in [2.75, 3.05) is 0 Å². The summed E-state index contributed by atoms with van der Waals surface area (Å²) in [5.74, 6) is 0. The third kappa shape index (κ3) is 3.21. The molecule has 0 aliphatic heterocycles. The maximum atomic E-state index is 8.81. The molecule has 1 aromatic rings. The van der Waals surface area contributed by atoms with Gasteiger partial charge in [0.25, 0.3) is 0 Å². The van der Waals surface area contributed by atoms with Crippen LogP contribution in [-0.4, -0.2) is 18.3 Å². The SMILES string of the molecule is CB(O)N/N=C\c1ccccc1. The largest absolute Gasteiger partial charge is 0.432 e. The van der Waals surface area contributed by atoms with E-state index in [4.69, 9.17) is 5.02 Å². The zero-order valence-electron chi connectivity index (χ0n) is 6.94. The third-order valence-electron chi connectivity index (χ3n) is 1.27. The van der Waals surface area contributed by atoms with Gasteiger partial charge in [-0.15, -0.1) is 0 Å². The molecule has 0 saturated carbocycles. The Morgan fingerprint density at radius 2 is 2.08 bits per heavy atom. The van der Waals surface area contributed by atoms with E-state index in [0.717, 1.165) is 5.56 Å². The quantitative estimate of drug-likeness (QED) is 0.390. The van der Waals surface area contributed by atoms with Crippen LogP contribution in [0.4, 0.5) is 0 Å². The average molecular weight is 162 g/mol. The molecule has 0 heterocycles. The second-order valence-corrected chi connectivity index (χ2v) is 2.47. The lowest BCUT2D eigenvalue weighted by Crippen LogP contribution is -2.25. The Morgan fingerprint density at radius 3 is 2.67 bits per heavy atom. The van der Waals surface area contributed by atoms with E-state index >= 15 is 0 Å². The van der Waals surface area contributed by atoms with Crippen LogP contribution in [0, 0.1) is 0 Å². The number of nitrogens with one attached hydrogen (secondary N) is 1. The lowest BCUT2D eigenvalue weighted by molar-refractivity contribution is 0.559. The molecule has 1 aromatic carbocycles. The molecule has 0 atom stereocenters. The highest BCUT2D eigenvalue weighted by Crippen LogP contribution is 1.92. The highest BCUT2D eigenvalue weighted by molar-refractivity contribution is 6.45. The average Bonchev–Trinajstić information content (AvgIpc) is 2.05. The van der Waals surface area contributed by atoms with Crippen LogP contribution < -0.4 is 5.34 Å². The van der Waals surface area contributed by atoms with E-state index in [1.54, 1.807) is 13.0 Å². The molecule has 0 spiro atoms. The summed E-state index contributed by atoms with van der Waals surface area (Å²) in [6, 6.07) is 9.69. The van der Waals surface area contributed by atoms with Crippen molar-refractivity contribution in [1.82, 2.24) is 5.34 Å². The molecule has 0 bridgehead atoms. The molecule has 3 nitrogen and oxygen atoms in total. The number of hydrogen-bond donors (Lipinski definition) is 2. The minimum absolute atomic E-state index is 0.607. The summed E-state index contributed by atoms with van der Waals surface area (Å²) >= 11 is 0. The van der Waals surface area contributed by atoms with Crippen LogP contribution in [0.2, 0.25) is 6.82 Å². The summed E-state index contributed by atoms with van der Waals surface area (Å²) in [6.45, 7) is 1.61. The van der Waals surface area contributed by atoms with Crippen molar-refractivity contribution in [2.24, 2.45) is 5.10 Å². The van der Waals surface area contributed by atoms with Crippen LogP contribution >= 0.6 is 0 Å². The van der Waals surface area contributed by atoms with Crippen molar-refractivity contribution in [3.8, 4) is 0 Å². The Bertz CT molecular complexity index is 248. The molecule has 2 N–H and O–H groups in total. The zero-order valence-corrected chi connectivity index (χ0v) is 6.94. The van der Waals surface area contributed by atoms with E-state index in [1.807, 2.05) is 30.3 Å². The van der Waals surface area contributed by atoms with Gasteiger partial charge in [-0.25, -0.2) is 0 Å². The topological polar surface area (TPSA) is 44.6 Å². The van der Waals surface area contributed by atoms with E-state index in [-0.39, 0.29) is 0 Å². The van der Waals surface area contributed by atoms with E-state index < -0.39 is 7.05 Å². The number of rotatable bonds is 3. The fourth-order valence-electron chi connectivity index (χ4n) is 0.759. The summed E-state index contributed by atoms with van der Waals surface area (Å²) in [5, 5.41) is 15.1. The summed E-state index contributed by atoms with van der Waals surface area (Å²) < 4.78 is 0. The molecule has 0 saturated heterocycles. The molecule has 0 radical (unpaired) electrons. The molecule has 0 amide bonds. The first-order valence-electron chi connectivity index (χ1n) is 3.81. The lowest BCUT2D eigenvalue weighted by Gasteiger charge is -1.96. The second kappa shape index (κ2) is 4.56. The molecule has 0 aliphatic carbocycles. The van der Waals surface area contributed by atoms with Crippen molar-refractivity contribution in [3.05, 3.63) is 35.9 Å². The summed E-state index contributed by atoms with van der Waals surface area (Å²) in [4.78, 5) is 0. The van der Waals surface area contributed by atoms with Gasteiger partial charge in [0.1, 0.15) is 0 Å². The molecule has 62 valence electrons. The Kier molecular flexibility index (Phi) is 3.35. The monoisotopic (exact) mass is 162 g/mol. The Hall–Kier alpha value is -1.29. The molecule has 0 aliphatic rings. The Morgan fingerprint density at radius 1 is 1.42 bits per heavy atom. The van der Waals surface area contributed by atoms with E-state index in [0.29, 0.717) is 0 Å². The summed E-state index contributed by atoms with van der Waals surface area (Å²) in [7, 11) is -0.607. The van der Waals surface area contributed by atoms with Gasteiger partial charge in [-0.2, -0.15) is 5.10 Å². The minimum atomic E-state index is -0.607. The molecule has 12 heavy (non-hydrogen) atoms. The number of hydrogen-bond acceptors (Lipinski definition) is 3. The van der Waals surface area contributed by atoms with Crippen LogP contribution in [-0.2, 0) is 0 Å². The maximum Gasteiger partial charge on any atom is 0.423 e. The Labute approximate surface area is 72.3 Å². The van der Waals surface area contributed by atoms with E-state index in [1.165, 1.54) is 0 Å². The molecule has 0 fully saturated rings. The third-order valence-corrected chi connectivity index (χ3v) is 1.27. The van der Waals surface area contributed by atoms with Gasteiger partial charge in [0, 0.05) is 0 Å². The summed E-state index contributed by atoms with van der Waals surface area (Å²) in [6.07, 6.45) is 1.66. The highest BCUT2D eigenvalue weighted by atomic mass is 16.2. The first kappa shape index (κ1) is 8.81. The zero-order chi connectivity index (χ0) is 8.81. The first-order valence-corrected chi connectivity index (χ1v) is 3.81. The molecule has 0 unspecified atom stereocenters. The molecule has 1 rings (SSSR count). The fourth-order valence-corrected chi connectivity index (χ4v) is 0.759. The van der Waals surface area contributed by atoms with Crippen LogP contribution in [0.15, 0.2) is 35.4 Å². The summed E-state index contributed by atoms with van der Waals surface area (Å²) in [5.41, 5.74) is 1.01. The maximum absolute atomic E-state index is 8.81. The van der Waals surface area contributed by atoms with Crippen LogP contribution in [0.25, 0.3) is 0 Å². The normalized spacial score (nSPS) is 10.2. The van der Waals surface area contributed by atoms with Gasteiger partial charge in [-0.3, -0.25) is 0 Å². The molecular formula is C8H11BN2O. The first-order chi connectivity index (χ1) is 5.79. The van der Waals surface area contributed by atoms with Crippen LogP contribution in [0.5, 0.6) is 0 Å². The standard InChI is InChI=1S/C8H11BN2O/c1-9(12)11-10-7-8-5-3-2-4-6-8/h2-7,11-12H,1H3/b10-7-. The van der Waals surface area contributed by atoms with Gasteiger partial charge >= 0.3 is 7.05 Å². The van der Waals surface area contributed by atoms with Gasteiger partial charge < -0.3 is 10.4 Å². The number of hydrazone groups is 1. The molecular weight excluding hydrogens is 151 g/mol. The van der Waals surface area contributed by atoms with Crippen molar-refractivity contribution in [3.63, 3.8) is 0 Å². The fraction of sp³-hybridized carbons (Fsp3) is 0.125. The lowest BCUT2D eigenvalue weighted by atomic mass is 9.91. The van der Waals surface area contributed by atoms with Crippen molar-refractivity contribution in [1.29, 1.82) is 0 Å². The predicted octanol–water partition coefficient (Wildman–Crippen LogP) is 0.720. The van der Waals surface area contributed by atoms with E-state index in [9.17, 15) is 0 Å². The number of benzene rings is 1. The molecule has 4 heteroatoms. The highest BCUT2D eigenvalue weighted by Gasteiger charge is 1.95. The van der Waals surface area contributed by atoms with Crippen LogP contribution in [0.1, 0.15) is 5.56 Å². The molecule has 0 aromatic heterocycles. The predicted molar refractivity (Wildman–Crippen MR) is 51.0 cm³/mol. The van der Waals surface area contributed by atoms with Gasteiger partial charge in [0.2, 0.25) is 0 Å². The van der Waals surface area contributed by atoms with Crippen molar-refractivity contribution in [2.45, 2.75) is 6.82 Å². The van der Waals surface area contributed by atoms with E-state index in [2.05, 4.69) is 10.4 Å². The van der Waals surface area contributed by atoms with Crippen molar-refractivity contribution >= 4 is 13.3 Å². The van der Waals surface area contributed by atoms with Crippen molar-refractivity contribution < 1.29 is 5.02 Å². The van der Waals surface area contributed by atoms with Gasteiger partial charge in [-0.05, 0) is 12.4 Å². The second-order valence-electron chi connectivity index (χ2n) is 2.47. The van der Waals surface area contributed by atoms with Gasteiger partial charge in [0.05, 0.1) is 6.21 Å². The Balaban J connectivity index is 2.47.